The third-order valence-electron chi connectivity index (χ3n) is 5.04. The van der Waals surface area contributed by atoms with E-state index in [0.29, 0.717) is 18.8 Å². The summed E-state index contributed by atoms with van der Waals surface area (Å²) < 4.78 is 1.95. The Labute approximate surface area is 154 Å². The minimum absolute atomic E-state index is 0.0486. The van der Waals surface area contributed by atoms with Gasteiger partial charge in [0.25, 0.3) is 5.91 Å². The molecule has 1 aromatic carbocycles. The highest BCUT2D eigenvalue weighted by molar-refractivity contribution is 7.13. The van der Waals surface area contributed by atoms with Crippen LogP contribution in [-0.4, -0.2) is 44.5 Å². The summed E-state index contributed by atoms with van der Waals surface area (Å²) >= 11 is 1.24. The van der Waals surface area contributed by atoms with Crippen LogP contribution in [0.5, 0.6) is 0 Å². The van der Waals surface area contributed by atoms with E-state index in [1.54, 1.807) is 0 Å². The van der Waals surface area contributed by atoms with E-state index in [1.807, 2.05) is 46.8 Å². The van der Waals surface area contributed by atoms with Gasteiger partial charge < -0.3 is 14.6 Å². The Kier molecular flexibility index (Phi) is 4.24. The second kappa shape index (κ2) is 6.57. The highest BCUT2D eigenvalue weighted by atomic mass is 32.1. The Bertz CT molecular complexity index is 983. The van der Waals surface area contributed by atoms with E-state index in [-0.39, 0.29) is 16.7 Å². The number of piperidine rings is 1. The number of carboxylic acids is 1. The van der Waals surface area contributed by atoms with E-state index in [1.165, 1.54) is 17.5 Å². The van der Waals surface area contributed by atoms with Crippen LogP contribution in [0.4, 0.5) is 0 Å². The van der Waals surface area contributed by atoms with Crippen molar-refractivity contribution in [2.24, 2.45) is 7.05 Å². The van der Waals surface area contributed by atoms with Gasteiger partial charge in [0.05, 0.1) is 11.2 Å². The Morgan fingerprint density at radius 1 is 1.23 bits per heavy atom. The lowest BCUT2D eigenvalue weighted by molar-refractivity contribution is 0.0694. The molecular formula is C19H19N3O3S. The number of aromatic carboxylic acids is 1. The molecule has 0 unspecified atom stereocenters. The fourth-order valence-corrected chi connectivity index (χ4v) is 4.49. The number of thiazole rings is 1. The van der Waals surface area contributed by atoms with Gasteiger partial charge in [0.2, 0.25) is 0 Å². The topological polar surface area (TPSA) is 75.4 Å². The summed E-state index contributed by atoms with van der Waals surface area (Å²) in [6.07, 6.45) is 3.04. The van der Waals surface area contributed by atoms with Crippen molar-refractivity contribution in [3.8, 4) is 0 Å². The average Bonchev–Trinajstić information content (AvgIpc) is 3.27. The normalized spacial score (nSPS) is 15.5. The maximum absolute atomic E-state index is 12.9. The number of hydrogen-bond donors (Lipinski definition) is 1. The number of aryl methyl sites for hydroxylation is 1. The Morgan fingerprint density at radius 2 is 1.96 bits per heavy atom. The van der Waals surface area contributed by atoms with Gasteiger partial charge in [-0.05, 0) is 25.0 Å². The molecule has 1 aliphatic heterocycles. The van der Waals surface area contributed by atoms with Crippen LogP contribution in [0.2, 0.25) is 0 Å². The van der Waals surface area contributed by atoms with Crippen LogP contribution in [0.25, 0.3) is 10.9 Å². The zero-order chi connectivity index (χ0) is 18.3. The molecule has 1 fully saturated rings. The number of carbonyl (C=O) groups excluding carboxylic acids is 1. The van der Waals surface area contributed by atoms with E-state index < -0.39 is 5.97 Å². The van der Waals surface area contributed by atoms with Gasteiger partial charge in [0.15, 0.2) is 0 Å². The van der Waals surface area contributed by atoms with Crippen molar-refractivity contribution < 1.29 is 14.7 Å². The minimum Gasteiger partial charge on any atom is -0.477 e. The first-order chi connectivity index (χ1) is 12.5. The first-order valence-electron chi connectivity index (χ1n) is 8.57. The van der Waals surface area contributed by atoms with E-state index in [4.69, 9.17) is 5.11 Å². The molecular weight excluding hydrogens is 350 g/mol. The summed E-state index contributed by atoms with van der Waals surface area (Å²) in [5, 5.41) is 11.0. The molecule has 1 amide bonds. The fourth-order valence-electron chi connectivity index (χ4n) is 3.56. The molecule has 7 heteroatoms. The zero-order valence-electron chi connectivity index (χ0n) is 14.4. The fraction of sp³-hybridized carbons (Fsp3) is 0.316. The number of carbonyl (C=O) groups is 2. The van der Waals surface area contributed by atoms with Gasteiger partial charge >= 0.3 is 5.97 Å². The molecule has 134 valence electrons. The molecule has 0 atom stereocenters. The summed E-state index contributed by atoms with van der Waals surface area (Å²) in [5.74, 6) is -0.658. The smallest absolute Gasteiger partial charge is 0.347 e. The van der Waals surface area contributed by atoms with E-state index in [2.05, 4.69) is 4.98 Å². The average molecular weight is 369 g/mol. The first kappa shape index (κ1) is 16.8. The minimum atomic E-state index is -0.933. The van der Waals surface area contributed by atoms with Gasteiger partial charge in [-0.25, -0.2) is 9.78 Å². The van der Waals surface area contributed by atoms with Crippen molar-refractivity contribution in [1.82, 2.24) is 14.5 Å². The zero-order valence-corrected chi connectivity index (χ0v) is 15.2. The van der Waals surface area contributed by atoms with Crippen LogP contribution in [0, 0.1) is 0 Å². The van der Waals surface area contributed by atoms with Crippen molar-refractivity contribution in [3.63, 3.8) is 0 Å². The van der Waals surface area contributed by atoms with Crippen molar-refractivity contribution >= 4 is 34.1 Å². The summed E-state index contributed by atoms with van der Waals surface area (Å²) in [6.45, 7) is 1.32. The van der Waals surface area contributed by atoms with Crippen LogP contribution >= 0.6 is 11.3 Å². The highest BCUT2D eigenvalue weighted by Gasteiger charge is 2.28. The van der Waals surface area contributed by atoms with Gasteiger partial charge in [-0.15, -0.1) is 11.3 Å². The molecule has 26 heavy (non-hydrogen) atoms. The molecule has 1 saturated heterocycles. The maximum Gasteiger partial charge on any atom is 0.347 e. The van der Waals surface area contributed by atoms with Gasteiger partial charge in [-0.1, -0.05) is 18.2 Å². The number of rotatable bonds is 3. The molecule has 6 nitrogen and oxygen atoms in total. The largest absolute Gasteiger partial charge is 0.477 e. The quantitative estimate of drug-likeness (QED) is 0.768. The van der Waals surface area contributed by atoms with Gasteiger partial charge in [-0.2, -0.15) is 0 Å². The van der Waals surface area contributed by atoms with E-state index in [9.17, 15) is 9.59 Å². The predicted molar refractivity (Wildman–Crippen MR) is 99.9 cm³/mol. The van der Waals surface area contributed by atoms with Crippen LogP contribution in [0.1, 0.15) is 43.9 Å². The third kappa shape index (κ3) is 2.88. The number of fused-ring (bicyclic) bond motifs is 1. The van der Waals surface area contributed by atoms with E-state index in [0.717, 1.165) is 28.8 Å². The molecule has 2 aromatic heterocycles. The summed E-state index contributed by atoms with van der Waals surface area (Å²) in [5.41, 5.74) is 1.75. The van der Waals surface area contributed by atoms with Crippen LogP contribution in [0.15, 0.2) is 36.5 Å². The molecule has 3 heterocycles. The van der Waals surface area contributed by atoms with E-state index >= 15 is 0 Å². The Hall–Kier alpha value is -2.67. The molecule has 0 spiro atoms. The standard InChI is InChI=1S/C19H19N3O3S/c1-21-14-5-3-2-4-13(14)10-15(21)18(23)22-8-6-12(7-9-22)17-20-11-16(26-17)19(24)25/h2-5,10-12H,6-9H2,1H3,(H,24,25). The SMILES string of the molecule is Cn1c(C(=O)N2CCC(c3ncc(C(=O)O)s3)CC2)cc2ccccc21. The molecule has 3 aromatic rings. The van der Waals surface area contributed by atoms with Crippen molar-refractivity contribution in [3.05, 3.63) is 52.1 Å². The lowest BCUT2D eigenvalue weighted by atomic mass is 9.97. The number of nitrogens with zero attached hydrogens (tertiary/aromatic N) is 3. The summed E-state index contributed by atoms with van der Waals surface area (Å²) in [6, 6.07) is 9.92. The maximum atomic E-state index is 12.9. The number of benzene rings is 1. The molecule has 1 N–H and O–H groups in total. The lowest BCUT2D eigenvalue weighted by Crippen LogP contribution is -2.38. The van der Waals surface area contributed by atoms with Crippen LogP contribution in [-0.2, 0) is 7.05 Å². The number of carboxylic acid groups (broad SMARTS) is 1. The van der Waals surface area contributed by atoms with Gasteiger partial charge in [0.1, 0.15) is 10.6 Å². The summed E-state index contributed by atoms with van der Waals surface area (Å²) in [7, 11) is 1.92. The molecule has 1 aliphatic rings. The number of aromatic nitrogens is 2. The van der Waals surface area contributed by atoms with Gasteiger partial charge in [-0.3, -0.25) is 4.79 Å². The second-order valence-electron chi connectivity index (χ2n) is 6.58. The monoisotopic (exact) mass is 369 g/mol. The third-order valence-corrected chi connectivity index (χ3v) is 6.18. The van der Waals surface area contributed by atoms with Crippen molar-refractivity contribution in [2.75, 3.05) is 13.1 Å². The first-order valence-corrected chi connectivity index (χ1v) is 9.39. The van der Waals surface area contributed by atoms with Crippen LogP contribution in [0.3, 0.4) is 0 Å². The van der Waals surface area contributed by atoms with Crippen LogP contribution < -0.4 is 0 Å². The number of likely N-dealkylation sites (tertiary alicyclic amines) is 1. The molecule has 0 saturated carbocycles. The van der Waals surface area contributed by atoms with Crippen molar-refractivity contribution in [2.45, 2.75) is 18.8 Å². The second-order valence-corrected chi connectivity index (χ2v) is 7.64. The molecule has 0 bridgehead atoms. The highest BCUT2D eigenvalue weighted by Crippen LogP contribution is 2.32. The molecule has 0 aliphatic carbocycles. The van der Waals surface area contributed by atoms with Crippen molar-refractivity contribution in [1.29, 1.82) is 0 Å². The molecule has 4 rings (SSSR count). The summed E-state index contributed by atoms with van der Waals surface area (Å²) in [4.78, 5) is 30.4. The number of hydrogen-bond acceptors (Lipinski definition) is 4. The Morgan fingerprint density at radius 3 is 2.62 bits per heavy atom. The van der Waals surface area contributed by atoms with Gasteiger partial charge in [0, 0.05) is 37.0 Å². The number of para-hydroxylation sites is 1. The Balaban J connectivity index is 1.47. The lowest BCUT2D eigenvalue weighted by Gasteiger charge is -2.31. The predicted octanol–water partition coefficient (Wildman–Crippen LogP) is 3.35. The number of amides is 1. The molecule has 0 radical (unpaired) electrons.